The van der Waals surface area contributed by atoms with Crippen molar-refractivity contribution in [2.24, 2.45) is 0 Å². The molecule has 2 nitrogen and oxygen atoms in total. The van der Waals surface area contributed by atoms with Crippen LogP contribution in [0.2, 0.25) is 0 Å². The van der Waals surface area contributed by atoms with Crippen molar-refractivity contribution in [2.75, 3.05) is 0 Å². The van der Waals surface area contributed by atoms with Gasteiger partial charge in [-0.3, -0.25) is 0 Å². The summed E-state index contributed by atoms with van der Waals surface area (Å²) < 4.78 is 15.4. The van der Waals surface area contributed by atoms with E-state index in [0.717, 1.165) is 19.4 Å². The van der Waals surface area contributed by atoms with Crippen LogP contribution >= 0.6 is 11.8 Å². The number of halogens is 1. The quantitative estimate of drug-likeness (QED) is 0.457. The normalized spacial score (nSPS) is 13.5. The first-order valence-electron chi connectivity index (χ1n) is 9.32. The minimum Gasteiger partial charge on any atom is -0.336 e. The van der Waals surface area contributed by atoms with Gasteiger partial charge in [-0.25, -0.2) is 9.37 Å². The van der Waals surface area contributed by atoms with Crippen molar-refractivity contribution < 1.29 is 4.39 Å². The second-order valence-corrected chi connectivity index (χ2v) is 9.25. The number of thioether (sulfide) groups is 1. The molecule has 0 radical (unpaired) electrons. The summed E-state index contributed by atoms with van der Waals surface area (Å²) in [6.07, 6.45) is 7.64. The van der Waals surface area contributed by atoms with Gasteiger partial charge in [0.1, 0.15) is 5.82 Å². The number of benzene rings is 2. The van der Waals surface area contributed by atoms with Crippen LogP contribution in [0.15, 0.2) is 60.0 Å². The number of aryl methyl sites for hydroxylation is 3. The van der Waals surface area contributed by atoms with Crippen LogP contribution in [0.5, 0.6) is 0 Å². The molecule has 3 rings (SSSR count). The van der Waals surface area contributed by atoms with Gasteiger partial charge in [0.05, 0.1) is 6.33 Å². The lowest BCUT2D eigenvalue weighted by atomic mass is 10.00. The average molecular weight is 383 g/mol. The zero-order valence-electron chi connectivity index (χ0n) is 16.5. The van der Waals surface area contributed by atoms with Crippen molar-refractivity contribution in [2.45, 2.75) is 56.7 Å². The molecule has 1 heterocycles. The Balaban J connectivity index is 1.84. The van der Waals surface area contributed by atoms with Crippen molar-refractivity contribution in [1.82, 2.24) is 9.55 Å². The van der Waals surface area contributed by atoms with E-state index in [4.69, 9.17) is 0 Å². The van der Waals surface area contributed by atoms with Crippen LogP contribution in [0.25, 0.3) is 0 Å². The predicted molar refractivity (Wildman–Crippen MR) is 112 cm³/mol. The first-order chi connectivity index (χ1) is 12.8. The smallest absolute Gasteiger partial charge is 0.123 e. The molecule has 0 saturated carbocycles. The SMILES string of the molecule is Cc1cc(C)c(C)c(SC(C)(CCc2ccc(F)cc2)Cn2ccnc2)c1. The molecule has 27 heavy (non-hydrogen) atoms. The zero-order valence-corrected chi connectivity index (χ0v) is 17.3. The van der Waals surface area contributed by atoms with E-state index in [9.17, 15) is 4.39 Å². The molecule has 1 unspecified atom stereocenters. The Bertz CT molecular complexity index is 887. The molecule has 0 spiro atoms. The fourth-order valence-corrected chi connectivity index (χ4v) is 4.87. The van der Waals surface area contributed by atoms with Gasteiger partial charge in [0.25, 0.3) is 0 Å². The average Bonchev–Trinajstić information content (AvgIpc) is 3.11. The Hall–Kier alpha value is -2.07. The van der Waals surface area contributed by atoms with Crippen molar-refractivity contribution in [3.05, 3.63) is 83.2 Å². The number of rotatable bonds is 7. The fourth-order valence-electron chi connectivity index (χ4n) is 3.36. The van der Waals surface area contributed by atoms with Crippen LogP contribution in [0.4, 0.5) is 4.39 Å². The molecule has 142 valence electrons. The second kappa shape index (κ2) is 8.30. The Morgan fingerprint density at radius 2 is 1.85 bits per heavy atom. The van der Waals surface area contributed by atoms with Crippen molar-refractivity contribution in [1.29, 1.82) is 0 Å². The molecule has 4 heteroatoms. The first-order valence-corrected chi connectivity index (χ1v) is 10.1. The fraction of sp³-hybridized carbons (Fsp3) is 0.348. The maximum atomic E-state index is 13.2. The highest BCUT2D eigenvalue weighted by molar-refractivity contribution is 8.00. The molecular weight excluding hydrogens is 355 g/mol. The monoisotopic (exact) mass is 382 g/mol. The third-order valence-electron chi connectivity index (χ3n) is 5.05. The van der Waals surface area contributed by atoms with E-state index in [1.54, 1.807) is 12.1 Å². The van der Waals surface area contributed by atoms with Gasteiger partial charge in [0, 0.05) is 28.6 Å². The Morgan fingerprint density at radius 3 is 2.52 bits per heavy atom. The Labute approximate surface area is 165 Å². The molecule has 0 aliphatic carbocycles. The largest absolute Gasteiger partial charge is 0.336 e. The van der Waals surface area contributed by atoms with Crippen LogP contribution in [0, 0.1) is 26.6 Å². The van der Waals surface area contributed by atoms with E-state index in [0.29, 0.717) is 0 Å². The molecule has 1 atom stereocenters. The van der Waals surface area contributed by atoms with Gasteiger partial charge in [-0.2, -0.15) is 0 Å². The molecule has 0 N–H and O–H groups in total. The van der Waals surface area contributed by atoms with E-state index in [-0.39, 0.29) is 10.6 Å². The minimum atomic E-state index is -0.180. The molecular formula is C23H27FN2S. The van der Waals surface area contributed by atoms with Gasteiger partial charge in [-0.05, 0) is 81.0 Å². The molecule has 0 saturated heterocycles. The molecule has 0 aliphatic heterocycles. The van der Waals surface area contributed by atoms with Crippen molar-refractivity contribution >= 4 is 11.8 Å². The standard InChI is InChI=1S/C23H27FN2S/c1-17-13-18(2)19(3)22(14-17)27-23(4,15-26-12-11-25-16-26)10-9-20-5-7-21(24)8-6-20/h5-8,11-14,16H,9-10,15H2,1-4H3. The number of hydrogen-bond donors (Lipinski definition) is 0. The highest BCUT2D eigenvalue weighted by Gasteiger charge is 2.27. The van der Waals surface area contributed by atoms with Crippen LogP contribution in [-0.4, -0.2) is 14.3 Å². The lowest BCUT2D eigenvalue weighted by Gasteiger charge is -2.31. The van der Waals surface area contributed by atoms with Crippen molar-refractivity contribution in [3.8, 4) is 0 Å². The van der Waals surface area contributed by atoms with E-state index in [1.165, 1.54) is 27.1 Å². The molecule has 0 aliphatic rings. The molecule has 0 bridgehead atoms. The van der Waals surface area contributed by atoms with Crippen molar-refractivity contribution in [3.63, 3.8) is 0 Å². The maximum absolute atomic E-state index is 13.2. The molecule has 1 aromatic heterocycles. The van der Waals surface area contributed by atoms with Gasteiger partial charge in [-0.15, -0.1) is 11.8 Å². The maximum Gasteiger partial charge on any atom is 0.123 e. The van der Waals surface area contributed by atoms with E-state index >= 15 is 0 Å². The number of nitrogens with zero attached hydrogens (tertiary/aromatic N) is 2. The highest BCUT2D eigenvalue weighted by atomic mass is 32.2. The number of hydrogen-bond acceptors (Lipinski definition) is 2. The number of imidazole rings is 1. The van der Waals surface area contributed by atoms with E-state index < -0.39 is 0 Å². The van der Waals surface area contributed by atoms with E-state index in [1.807, 2.05) is 42.6 Å². The van der Waals surface area contributed by atoms with Crippen LogP contribution < -0.4 is 0 Å². The van der Waals surface area contributed by atoms with Gasteiger partial charge in [-0.1, -0.05) is 18.2 Å². The van der Waals surface area contributed by atoms with Gasteiger partial charge >= 0.3 is 0 Å². The third-order valence-corrected chi connectivity index (χ3v) is 6.52. The van der Waals surface area contributed by atoms with Crippen LogP contribution in [-0.2, 0) is 13.0 Å². The summed E-state index contributed by atoms with van der Waals surface area (Å²) in [4.78, 5) is 5.54. The predicted octanol–water partition coefficient (Wildman–Crippen LogP) is 6.13. The molecule has 2 aromatic carbocycles. The molecule has 0 amide bonds. The van der Waals surface area contributed by atoms with Gasteiger partial charge in [0.15, 0.2) is 0 Å². The van der Waals surface area contributed by atoms with Crippen LogP contribution in [0.3, 0.4) is 0 Å². The van der Waals surface area contributed by atoms with Gasteiger partial charge in [0.2, 0.25) is 0 Å². The van der Waals surface area contributed by atoms with E-state index in [2.05, 4.69) is 49.4 Å². The topological polar surface area (TPSA) is 17.8 Å². The summed E-state index contributed by atoms with van der Waals surface area (Å²) in [6, 6.07) is 11.4. The minimum absolute atomic E-state index is 0.0000788. The lowest BCUT2D eigenvalue weighted by Crippen LogP contribution is -2.27. The third kappa shape index (κ3) is 5.23. The number of aromatic nitrogens is 2. The summed E-state index contributed by atoms with van der Waals surface area (Å²) >= 11 is 1.94. The summed E-state index contributed by atoms with van der Waals surface area (Å²) in [5.41, 5.74) is 5.15. The van der Waals surface area contributed by atoms with Gasteiger partial charge < -0.3 is 4.57 Å². The van der Waals surface area contributed by atoms with Crippen LogP contribution in [0.1, 0.15) is 35.6 Å². The summed E-state index contributed by atoms with van der Waals surface area (Å²) in [5, 5.41) is 0. The summed E-state index contributed by atoms with van der Waals surface area (Å²) in [5.74, 6) is -0.180. The zero-order chi connectivity index (χ0) is 19.4. The Kier molecular flexibility index (Phi) is 6.05. The molecule has 0 fully saturated rings. The Morgan fingerprint density at radius 1 is 1.11 bits per heavy atom. The summed E-state index contributed by atoms with van der Waals surface area (Å²) in [6.45, 7) is 9.73. The highest BCUT2D eigenvalue weighted by Crippen LogP contribution is 2.40. The summed E-state index contributed by atoms with van der Waals surface area (Å²) in [7, 11) is 0. The molecule has 3 aromatic rings. The second-order valence-electron chi connectivity index (χ2n) is 7.62. The first kappa shape index (κ1) is 19.7. The lowest BCUT2D eigenvalue weighted by molar-refractivity contribution is 0.495.